The maximum atomic E-state index is 13.1. The van der Waals surface area contributed by atoms with Crippen molar-refractivity contribution in [2.75, 3.05) is 13.8 Å². The third-order valence-corrected chi connectivity index (χ3v) is 3.54. The lowest BCUT2D eigenvalue weighted by Crippen LogP contribution is -2.36. The summed E-state index contributed by atoms with van der Waals surface area (Å²) in [5.41, 5.74) is 1.66. The lowest BCUT2D eigenvalue weighted by Gasteiger charge is -2.18. The largest absolute Gasteiger partial charge is 0.454 e. The Balaban J connectivity index is 1.55. The molecule has 0 saturated carbocycles. The van der Waals surface area contributed by atoms with Crippen molar-refractivity contribution >= 4 is 6.03 Å². The van der Waals surface area contributed by atoms with Gasteiger partial charge in [-0.25, -0.2) is 9.18 Å². The number of nitrogens with zero attached hydrogens (tertiary/aromatic N) is 1. The van der Waals surface area contributed by atoms with Gasteiger partial charge in [0, 0.05) is 20.1 Å². The standard InChI is InChI=1S/C17H17FN2O3/c1-20(10-13-5-6-15-16(8-13)23-11-22-15)17(21)19-9-12-3-2-4-14(18)7-12/h2-8H,9-11H2,1H3,(H,19,21). The van der Waals surface area contributed by atoms with Crippen molar-refractivity contribution in [3.63, 3.8) is 0 Å². The van der Waals surface area contributed by atoms with Gasteiger partial charge < -0.3 is 19.7 Å². The van der Waals surface area contributed by atoms with Crippen molar-refractivity contribution in [2.45, 2.75) is 13.1 Å². The first-order chi connectivity index (χ1) is 11.1. The number of hydrogen-bond acceptors (Lipinski definition) is 3. The smallest absolute Gasteiger partial charge is 0.317 e. The zero-order chi connectivity index (χ0) is 16.2. The SMILES string of the molecule is CN(Cc1ccc2c(c1)OCO2)C(=O)NCc1cccc(F)c1. The van der Waals surface area contributed by atoms with Crippen LogP contribution in [0.2, 0.25) is 0 Å². The normalized spacial score (nSPS) is 12.1. The summed E-state index contributed by atoms with van der Waals surface area (Å²) in [5, 5.41) is 2.76. The van der Waals surface area contributed by atoms with Crippen molar-refractivity contribution in [3.05, 3.63) is 59.4 Å². The summed E-state index contributed by atoms with van der Waals surface area (Å²) in [5.74, 6) is 1.09. The molecular weight excluding hydrogens is 299 g/mol. The highest BCUT2D eigenvalue weighted by Gasteiger charge is 2.15. The van der Waals surface area contributed by atoms with Gasteiger partial charge in [0.15, 0.2) is 11.5 Å². The van der Waals surface area contributed by atoms with Gasteiger partial charge in [0.05, 0.1) is 0 Å². The highest BCUT2D eigenvalue weighted by atomic mass is 19.1. The third kappa shape index (κ3) is 3.71. The van der Waals surface area contributed by atoms with E-state index in [0.717, 1.165) is 11.1 Å². The Labute approximate surface area is 133 Å². The molecule has 2 aromatic rings. The quantitative estimate of drug-likeness (QED) is 0.943. The molecular formula is C17H17FN2O3. The molecule has 0 spiro atoms. The fraction of sp³-hybridized carbons (Fsp3) is 0.235. The molecule has 1 aliphatic heterocycles. The van der Waals surface area contributed by atoms with Crippen LogP contribution < -0.4 is 14.8 Å². The molecule has 0 atom stereocenters. The monoisotopic (exact) mass is 316 g/mol. The van der Waals surface area contributed by atoms with E-state index in [1.54, 1.807) is 24.1 Å². The number of halogens is 1. The summed E-state index contributed by atoms with van der Waals surface area (Å²) in [4.78, 5) is 13.7. The highest BCUT2D eigenvalue weighted by molar-refractivity contribution is 5.73. The molecule has 120 valence electrons. The molecule has 2 aromatic carbocycles. The van der Waals surface area contributed by atoms with Crippen LogP contribution in [0.3, 0.4) is 0 Å². The van der Waals surface area contributed by atoms with Gasteiger partial charge in [-0.3, -0.25) is 0 Å². The second-order valence-electron chi connectivity index (χ2n) is 5.33. The first-order valence-electron chi connectivity index (χ1n) is 7.24. The molecule has 1 N–H and O–H groups in total. The molecule has 5 nitrogen and oxygen atoms in total. The van der Waals surface area contributed by atoms with Crippen LogP contribution in [-0.2, 0) is 13.1 Å². The van der Waals surface area contributed by atoms with Gasteiger partial charge in [0.2, 0.25) is 6.79 Å². The minimum atomic E-state index is -0.314. The van der Waals surface area contributed by atoms with Crippen LogP contribution in [0, 0.1) is 5.82 Å². The number of benzene rings is 2. The first kappa shape index (κ1) is 15.1. The number of fused-ring (bicyclic) bond motifs is 1. The second-order valence-corrected chi connectivity index (χ2v) is 5.33. The number of hydrogen-bond donors (Lipinski definition) is 1. The average molecular weight is 316 g/mol. The van der Waals surface area contributed by atoms with Gasteiger partial charge in [-0.15, -0.1) is 0 Å². The molecule has 0 radical (unpaired) electrons. The van der Waals surface area contributed by atoms with E-state index < -0.39 is 0 Å². The fourth-order valence-corrected chi connectivity index (χ4v) is 2.34. The Morgan fingerprint density at radius 2 is 2.00 bits per heavy atom. The van der Waals surface area contributed by atoms with E-state index in [1.165, 1.54) is 12.1 Å². The minimum Gasteiger partial charge on any atom is -0.454 e. The van der Waals surface area contributed by atoms with Crippen molar-refractivity contribution < 1.29 is 18.7 Å². The summed E-state index contributed by atoms with van der Waals surface area (Å²) in [6, 6.07) is 11.5. The molecule has 0 aliphatic carbocycles. The Bertz CT molecular complexity index is 721. The number of carbonyl (C=O) groups excluding carboxylic acids is 1. The van der Waals surface area contributed by atoms with Crippen LogP contribution in [0.1, 0.15) is 11.1 Å². The molecule has 23 heavy (non-hydrogen) atoms. The van der Waals surface area contributed by atoms with E-state index in [9.17, 15) is 9.18 Å². The van der Waals surface area contributed by atoms with Crippen LogP contribution in [0.5, 0.6) is 11.5 Å². The number of ether oxygens (including phenoxy) is 2. The molecule has 2 amide bonds. The summed E-state index contributed by atoms with van der Waals surface area (Å²) >= 11 is 0. The van der Waals surface area contributed by atoms with Crippen molar-refractivity contribution in [1.82, 2.24) is 10.2 Å². The van der Waals surface area contributed by atoms with Crippen molar-refractivity contribution in [1.29, 1.82) is 0 Å². The van der Waals surface area contributed by atoms with Gasteiger partial charge in [0.1, 0.15) is 5.82 Å². The summed E-state index contributed by atoms with van der Waals surface area (Å²) in [7, 11) is 1.70. The lowest BCUT2D eigenvalue weighted by atomic mass is 10.2. The van der Waals surface area contributed by atoms with Crippen LogP contribution >= 0.6 is 0 Å². The molecule has 0 fully saturated rings. The van der Waals surface area contributed by atoms with Gasteiger partial charge >= 0.3 is 6.03 Å². The Morgan fingerprint density at radius 3 is 2.83 bits per heavy atom. The van der Waals surface area contributed by atoms with E-state index in [0.29, 0.717) is 18.0 Å². The molecule has 1 heterocycles. The number of amides is 2. The molecule has 0 unspecified atom stereocenters. The van der Waals surface area contributed by atoms with Crippen LogP contribution in [-0.4, -0.2) is 24.8 Å². The first-order valence-corrected chi connectivity index (χ1v) is 7.24. The number of carbonyl (C=O) groups is 1. The molecule has 0 saturated heterocycles. The van der Waals surface area contributed by atoms with Gasteiger partial charge in [-0.05, 0) is 35.4 Å². The van der Waals surface area contributed by atoms with E-state index in [2.05, 4.69) is 5.32 Å². The maximum Gasteiger partial charge on any atom is 0.317 e. The number of urea groups is 1. The Kier molecular flexibility index (Phi) is 4.32. The number of nitrogens with one attached hydrogen (secondary N) is 1. The number of rotatable bonds is 4. The van der Waals surface area contributed by atoms with Crippen LogP contribution in [0.25, 0.3) is 0 Å². The topological polar surface area (TPSA) is 50.8 Å². The molecule has 1 aliphatic rings. The second kappa shape index (κ2) is 6.56. The Morgan fingerprint density at radius 1 is 1.17 bits per heavy atom. The third-order valence-electron chi connectivity index (χ3n) is 3.54. The average Bonchev–Trinajstić information content (AvgIpc) is 3.00. The highest BCUT2D eigenvalue weighted by Crippen LogP contribution is 2.32. The molecule has 3 rings (SSSR count). The fourth-order valence-electron chi connectivity index (χ4n) is 2.34. The molecule has 0 bridgehead atoms. The van der Waals surface area contributed by atoms with Gasteiger partial charge in [0.25, 0.3) is 0 Å². The molecule has 0 aromatic heterocycles. The zero-order valence-electron chi connectivity index (χ0n) is 12.7. The minimum absolute atomic E-state index is 0.225. The maximum absolute atomic E-state index is 13.1. The van der Waals surface area contributed by atoms with Crippen molar-refractivity contribution in [3.8, 4) is 11.5 Å². The van der Waals surface area contributed by atoms with E-state index >= 15 is 0 Å². The van der Waals surface area contributed by atoms with Gasteiger partial charge in [-0.2, -0.15) is 0 Å². The molecule has 6 heteroatoms. The Hall–Kier alpha value is -2.76. The van der Waals surface area contributed by atoms with Crippen LogP contribution in [0.4, 0.5) is 9.18 Å². The van der Waals surface area contributed by atoms with Crippen molar-refractivity contribution in [2.24, 2.45) is 0 Å². The summed E-state index contributed by atoms with van der Waals surface area (Å²) in [6.07, 6.45) is 0. The summed E-state index contributed by atoms with van der Waals surface area (Å²) < 4.78 is 23.7. The lowest BCUT2D eigenvalue weighted by molar-refractivity contribution is 0.174. The predicted molar refractivity (Wildman–Crippen MR) is 82.7 cm³/mol. The van der Waals surface area contributed by atoms with E-state index in [4.69, 9.17) is 9.47 Å². The zero-order valence-corrected chi connectivity index (χ0v) is 12.7. The van der Waals surface area contributed by atoms with E-state index in [-0.39, 0.29) is 25.2 Å². The van der Waals surface area contributed by atoms with Gasteiger partial charge in [-0.1, -0.05) is 18.2 Å². The van der Waals surface area contributed by atoms with E-state index in [1.807, 2.05) is 18.2 Å². The van der Waals surface area contributed by atoms with Crippen LogP contribution in [0.15, 0.2) is 42.5 Å². The predicted octanol–water partition coefficient (Wildman–Crippen LogP) is 2.90. The summed E-state index contributed by atoms with van der Waals surface area (Å²) in [6.45, 7) is 0.941.